The molecule has 6 nitrogen and oxygen atoms in total. The molecule has 34 heavy (non-hydrogen) atoms. The van der Waals surface area contributed by atoms with Crippen molar-refractivity contribution in [2.24, 2.45) is 5.92 Å². The van der Waals surface area contributed by atoms with Gasteiger partial charge in [-0.2, -0.15) is 13.2 Å². The summed E-state index contributed by atoms with van der Waals surface area (Å²) in [6.45, 7) is 2.65. The largest absolute Gasteiger partial charge is 0.416 e. The predicted octanol–water partition coefficient (Wildman–Crippen LogP) is 5.49. The Morgan fingerprint density at radius 2 is 1.88 bits per heavy atom. The third-order valence-electron chi connectivity index (χ3n) is 5.61. The van der Waals surface area contributed by atoms with Crippen LogP contribution in [0, 0.1) is 18.3 Å². The Morgan fingerprint density at radius 3 is 2.62 bits per heavy atom. The maximum absolute atomic E-state index is 13.0. The highest BCUT2D eigenvalue weighted by molar-refractivity contribution is 6.05. The van der Waals surface area contributed by atoms with Gasteiger partial charge in [0.2, 0.25) is 0 Å². The molecule has 0 bridgehead atoms. The number of carbonyl (C=O) groups excluding carboxylic acids is 1. The van der Waals surface area contributed by atoms with E-state index in [0.29, 0.717) is 34.4 Å². The van der Waals surface area contributed by atoms with Gasteiger partial charge in [0.05, 0.1) is 16.8 Å². The van der Waals surface area contributed by atoms with Crippen LogP contribution in [0.2, 0.25) is 0 Å². The average molecular weight is 467 g/mol. The zero-order valence-corrected chi connectivity index (χ0v) is 18.5. The number of nitrogens with one attached hydrogen (secondary N) is 3. The van der Waals surface area contributed by atoms with Crippen LogP contribution in [0.25, 0.3) is 0 Å². The van der Waals surface area contributed by atoms with E-state index in [9.17, 15) is 18.0 Å². The van der Waals surface area contributed by atoms with Gasteiger partial charge >= 0.3 is 6.18 Å². The molecule has 0 radical (unpaired) electrons. The van der Waals surface area contributed by atoms with Crippen LogP contribution in [0.3, 0.4) is 0 Å². The van der Waals surface area contributed by atoms with Gasteiger partial charge in [-0.3, -0.25) is 4.79 Å². The fourth-order valence-corrected chi connectivity index (χ4v) is 3.62. The molecular formula is C25H24F3N5O. The minimum absolute atomic E-state index is 0.0867. The Balaban J connectivity index is 1.47. The zero-order valence-electron chi connectivity index (χ0n) is 18.5. The van der Waals surface area contributed by atoms with E-state index in [2.05, 4.69) is 20.6 Å². The fourth-order valence-electron chi connectivity index (χ4n) is 3.62. The van der Waals surface area contributed by atoms with E-state index in [4.69, 9.17) is 5.41 Å². The minimum Gasteiger partial charge on any atom is -0.369 e. The van der Waals surface area contributed by atoms with Gasteiger partial charge in [0, 0.05) is 29.9 Å². The van der Waals surface area contributed by atoms with Crippen molar-refractivity contribution < 1.29 is 18.0 Å². The molecule has 1 aliphatic carbocycles. The molecule has 2 aromatic carbocycles. The van der Waals surface area contributed by atoms with Gasteiger partial charge in [-0.15, -0.1) is 0 Å². The van der Waals surface area contributed by atoms with Crippen LogP contribution < -0.4 is 10.6 Å². The Kier molecular flexibility index (Phi) is 6.63. The third-order valence-corrected chi connectivity index (χ3v) is 5.61. The number of carbonyl (C=O) groups is 1. The summed E-state index contributed by atoms with van der Waals surface area (Å²) < 4.78 is 38.9. The smallest absolute Gasteiger partial charge is 0.369 e. The minimum atomic E-state index is -4.53. The molecule has 0 aliphatic heterocycles. The quantitative estimate of drug-likeness (QED) is 0.382. The Labute approximate surface area is 195 Å². The second kappa shape index (κ2) is 9.62. The summed E-state index contributed by atoms with van der Waals surface area (Å²) in [5.41, 5.74) is 1.92. The van der Waals surface area contributed by atoms with E-state index in [1.165, 1.54) is 31.3 Å². The molecule has 1 aromatic heterocycles. The first-order chi connectivity index (χ1) is 16.2. The summed E-state index contributed by atoms with van der Waals surface area (Å²) in [4.78, 5) is 21.1. The summed E-state index contributed by atoms with van der Waals surface area (Å²) in [6.07, 6.45) is -0.376. The van der Waals surface area contributed by atoms with Crippen molar-refractivity contribution in [2.75, 3.05) is 17.2 Å². The number of hydrogen-bond donors (Lipinski definition) is 3. The zero-order chi connectivity index (χ0) is 24.3. The van der Waals surface area contributed by atoms with Crippen molar-refractivity contribution in [2.45, 2.75) is 32.4 Å². The second-order valence-electron chi connectivity index (χ2n) is 8.40. The molecule has 0 atom stereocenters. The second-order valence-corrected chi connectivity index (χ2v) is 8.40. The van der Waals surface area contributed by atoms with Crippen molar-refractivity contribution in [1.82, 2.24) is 9.97 Å². The molecule has 3 N–H and O–H groups in total. The number of amides is 1. The van der Waals surface area contributed by atoms with Gasteiger partial charge in [-0.05, 0) is 61.6 Å². The molecule has 0 spiro atoms. The first-order valence-corrected chi connectivity index (χ1v) is 10.9. The number of anilines is 2. The van der Waals surface area contributed by atoms with E-state index < -0.39 is 17.6 Å². The number of rotatable bonds is 8. The number of hydrogen-bond acceptors (Lipinski definition) is 5. The standard InChI is InChI=1S/C25H24F3N5O/c1-15-22(23(32-14-31-15)30-13-16-8-9-16)21(29)11-17-4-2-7-20(10-17)33-24(34)18-5-3-6-19(12-18)25(26,27)28/h2-7,10,12,14,16,29H,8-9,11,13H2,1H3,(H,33,34)(H,30,31,32). The summed E-state index contributed by atoms with van der Waals surface area (Å²) in [5.74, 6) is 0.644. The maximum atomic E-state index is 13.0. The van der Waals surface area contributed by atoms with Crippen LogP contribution in [-0.2, 0) is 12.6 Å². The van der Waals surface area contributed by atoms with Gasteiger partial charge in [-0.25, -0.2) is 9.97 Å². The van der Waals surface area contributed by atoms with Gasteiger partial charge in [0.25, 0.3) is 5.91 Å². The van der Waals surface area contributed by atoms with E-state index in [1.807, 2.05) is 13.0 Å². The molecule has 1 amide bonds. The lowest BCUT2D eigenvalue weighted by Gasteiger charge is -2.14. The summed E-state index contributed by atoms with van der Waals surface area (Å²) >= 11 is 0. The Bertz CT molecular complexity index is 1220. The molecule has 176 valence electrons. The Morgan fingerprint density at radius 1 is 1.12 bits per heavy atom. The van der Waals surface area contributed by atoms with Crippen LogP contribution in [0.5, 0.6) is 0 Å². The highest BCUT2D eigenvalue weighted by Gasteiger charge is 2.31. The molecule has 9 heteroatoms. The molecule has 1 aliphatic rings. The van der Waals surface area contributed by atoms with E-state index in [0.717, 1.165) is 24.2 Å². The number of benzene rings is 2. The van der Waals surface area contributed by atoms with Crippen molar-refractivity contribution in [3.63, 3.8) is 0 Å². The van der Waals surface area contributed by atoms with Crippen molar-refractivity contribution in [1.29, 1.82) is 5.41 Å². The van der Waals surface area contributed by atoms with Crippen LogP contribution in [-0.4, -0.2) is 28.1 Å². The van der Waals surface area contributed by atoms with Gasteiger partial charge in [-0.1, -0.05) is 18.2 Å². The van der Waals surface area contributed by atoms with Crippen LogP contribution in [0.4, 0.5) is 24.7 Å². The van der Waals surface area contributed by atoms with Crippen LogP contribution >= 0.6 is 0 Å². The molecular weight excluding hydrogens is 443 g/mol. The number of halogens is 3. The predicted molar refractivity (Wildman–Crippen MR) is 124 cm³/mol. The molecule has 0 unspecified atom stereocenters. The fraction of sp³-hybridized carbons (Fsp3) is 0.280. The molecule has 1 heterocycles. The molecule has 1 fully saturated rings. The van der Waals surface area contributed by atoms with Gasteiger partial charge in [0.15, 0.2) is 0 Å². The monoisotopic (exact) mass is 467 g/mol. The number of alkyl halides is 3. The first kappa shape index (κ1) is 23.4. The van der Waals surface area contributed by atoms with Crippen LogP contribution in [0.15, 0.2) is 54.9 Å². The highest BCUT2D eigenvalue weighted by Crippen LogP contribution is 2.30. The lowest BCUT2D eigenvalue weighted by atomic mass is 10.0. The lowest BCUT2D eigenvalue weighted by molar-refractivity contribution is -0.137. The third kappa shape index (κ3) is 5.78. The number of nitrogens with zero attached hydrogens (tertiary/aromatic N) is 2. The van der Waals surface area contributed by atoms with E-state index in [1.54, 1.807) is 18.2 Å². The van der Waals surface area contributed by atoms with Gasteiger partial charge < -0.3 is 16.0 Å². The van der Waals surface area contributed by atoms with E-state index in [-0.39, 0.29) is 12.0 Å². The molecule has 4 rings (SSSR count). The van der Waals surface area contributed by atoms with Crippen LogP contribution in [0.1, 0.15) is 45.6 Å². The number of aryl methyl sites for hydroxylation is 1. The highest BCUT2D eigenvalue weighted by atomic mass is 19.4. The Hall–Kier alpha value is -3.75. The van der Waals surface area contributed by atoms with Crippen molar-refractivity contribution >= 4 is 23.1 Å². The van der Waals surface area contributed by atoms with Crippen molar-refractivity contribution in [3.8, 4) is 0 Å². The molecule has 3 aromatic rings. The average Bonchev–Trinajstić information content (AvgIpc) is 3.62. The summed E-state index contributed by atoms with van der Waals surface area (Å²) in [5, 5.41) is 14.6. The normalized spacial score (nSPS) is 13.4. The summed E-state index contributed by atoms with van der Waals surface area (Å²) in [6, 6.07) is 11.2. The van der Waals surface area contributed by atoms with E-state index >= 15 is 0 Å². The maximum Gasteiger partial charge on any atom is 0.416 e. The van der Waals surface area contributed by atoms with Crippen molar-refractivity contribution in [3.05, 3.63) is 82.8 Å². The number of aromatic nitrogens is 2. The summed E-state index contributed by atoms with van der Waals surface area (Å²) in [7, 11) is 0. The SMILES string of the molecule is Cc1ncnc(NCC2CC2)c1C(=N)Cc1cccc(NC(=O)c2cccc(C(F)(F)F)c2)c1. The van der Waals surface area contributed by atoms with Gasteiger partial charge in [0.1, 0.15) is 12.1 Å². The molecule has 1 saturated carbocycles. The lowest BCUT2D eigenvalue weighted by Crippen LogP contribution is -2.16. The first-order valence-electron chi connectivity index (χ1n) is 10.9. The molecule has 0 saturated heterocycles. The topological polar surface area (TPSA) is 90.8 Å².